The van der Waals surface area contributed by atoms with E-state index in [4.69, 9.17) is 33.3 Å². The first-order chi connectivity index (χ1) is 23.5. The second-order valence-electron chi connectivity index (χ2n) is 12.6. The molecule has 4 heterocycles. The van der Waals surface area contributed by atoms with Crippen molar-refractivity contribution in [2.24, 2.45) is 14.1 Å². The quantitative estimate of drug-likeness (QED) is 0.183. The maximum atomic E-state index is 13.5. The Morgan fingerprint density at radius 1 is 0.776 bits per heavy atom. The second kappa shape index (κ2) is 14.7. The third-order valence-corrected chi connectivity index (χ3v) is 10.1. The van der Waals surface area contributed by atoms with Crippen molar-refractivity contribution in [2.75, 3.05) is 36.8 Å². The first-order valence-electron chi connectivity index (χ1n) is 16.5. The van der Waals surface area contributed by atoms with Gasteiger partial charge in [0.25, 0.3) is 11.8 Å². The van der Waals surface area contributed by atoms with Gasteiger partial charge in [-0.25, -0.2) is 9.97 Å². The molecule has 14 heteroatoms. The van der Waals surface area contributed by atoms with Crippen LogP contribution in [0.15, 0.2) is 36.4 Å². The second-order valence-corrected chi connectivity index (χ2v) is 13.3. The number of halogens is 2. The van der Waals surface area contributed by atoms with Gasteiger partial charge in [0.15, 0.2) is 11.6 Å². The lowest BCUT2D eigenvalue weighted by Gasteiger charge is -2.26. The van der Waals surface area contributed by atoms with E-state index in [0.29, 0.717) is 64.3 Å². The van der Waals surface area contributed by atoms with E-state index in [0.717, 1.165) is 61.8 Å². The Hall–Kier alpha value is -4.23. The Morgan fingerprint density at radius 3 is 1.69 bits per heavy atom. The van der Waals surface area contributed by atoms with E-state index in [1.807, 2.05) is 24.7 Å². The van der Waals surface area contributed by atoms with Crippen molar-refractivity contribution in [2.45, 2.75) is 52.1 Å². The summed E-state index contributed by atoms with van der Waals surface area (Å²) in [7, 11) is 3.69. The van der Waals surface area contributed by atoms with Crippen molar-refractivity contribution < 1.29 is 19.5 Å². The number of nitrogens with zero attached hydrogens (tertiary/aromatic N) is 6. The average Bonchev–Trinajstić information content (AvgIpc) is 3.58. The molecule has 0 aliphatic carbocycles. The van der Waals surface area contributed by atoms with Crippen LogP contribution in [0.4, 0.5) is 11.4 Å². The number of carboxylic acids is 1. The molecule has 0 fully saturated rings. The van der Waals surface area contributed by atoms with Gasteiger partial charge in [-0.15, -0.1) is 0 Å². The fourth-order valence-electron chi connectivity index (χ4n) is 6.75. The van der Waals surface area contributed by atoms with Crippen LogP contribution in [0, 0.1) is 0 Å². The summed E-state index contributed by atoms with van der Waals surface area (Å²) in [5, 5.41) is 15.4. The number of benzene rings is 2. The molecule has 2 amide bonds. The SMILES string of the molecule is CCCN1CCc2c(nc(C(=O)Nc3cccc(-c4cccc(NC(=O)c5nc6c(n5C)CCN(CCCC(=O)O)C6)c4Cl)c3Cl)n2C)C1. The number of carbonyl (C=O) groups is 3. The molecule has 2 aliphatic heterocycles. The molecular weight excluding hydrogens is 667 g/mol. The van der Waals surface area contributed by atoms with Crippen molar-refractivity contribution in [3.63, 3.8) is 0 Å². The van der Waals surface area contributed by atoms with Crippen LogP contribution in [0.25, 0.3) is 11.1 Å². The molecule has 4 aromatic rings. The zero-order chi connectivity index (χ0) is 34.8. The molecule has 0 unspecified atom stereocenters. The lowest BCUT2D eigenvalue weighted by molar-refractivity contribution is -0.137. The van der Waals surface area contributed by atoms with Gasteiger partial charge >= 0.3 is 5.97 Å². The summed E-state index contributed by atoms with van der Waals surface area (Å²) >= 11 is 13.8. The van der Waals surface area contributed by atoms with Gasteiger partial charge in [0.05, 0.1) is 32.8 Å². The Labute approximate surface area is 295 Å². The first-order valence-corrected chi connectivity index (χ1v) is 17.3. The van der Waals surface area contributed by atoms with E-state index in [1.165, 1.54) is 0 Å². The van der Waals surface area contributed by atoms with E-state index in [-0.39, 0.29) is 18.2 Å². The first kappa shape index (κ1) is 34.6. The molecule has 6 rings (SSSR count). The molecule has 0 radical (unpaired) electrons. The number of aromatic nitrogens is 4. The van der Waals surface area contributed by atoms with Crippen LogP contribution in [0.1, 0.15) is 70.2 Å². The highest BCUT2D eigenvalue weighted by atomic mass is 35.5. The number of rotatable bonds is 11. The maximum Gasteiger partial charge on any atom is 0.303 e. The molecular formula is C35H40Cl2N8O4. The lowest BCUT2D eigenvalue weighted by atomic mass is 10.0. The number of aliphatic carboxylic acids is 1. The van der Waals surface area contributed by atoms with E-state index in [2.05, 4.69) is 32.3 Å². The highest BCUT2D eigenvalue weighted by Crippen LogP contribution is 2.40. The van der Waals surface area contributed by atoms with Gasteiger partial charge in [-0.05, 0) is 38.1 Å². The van der Waals surface area contributed by atoms with Crippen LogP contribution >= 0.6 is 23.2 Å². The number of amides is 2. The molecule has 2 aliphatic rings. The van der Waals surface area contributed by atoms with E-state index >= 15 is 0 Å². The van der Waals surface area contributed by atoms with Crippen LogP contribution in [0.2, 0.25) is 10.0 Å². The number of carboxylic acid groups (broad SMARTS) is 1. The average molecular weight is 708 g/mol. The van der Waals surface area contributed by atoms with Gasteiger partial charge < -0.3 is 24.9 Å². The number of anilines is 2. The number of imidazole rings is 2. The minimum absolute atomic E-state index is 0.119. The molecule has 0 bridgehead atoms. The largest absolute Gasteiger partial charge is 0.481 e. The predicted molar refractivity (Wildman–Crippen MR) is 189 cm³/mol. The lowest BCUT2D eigenvalue weighted by Crippen LogP contribution is -2.32. The fraction of sp³-hybridized carbons (Fsp3) is 0.400. The maximum absolute atomic E-state index is 13.5. The Balaban J connectivity index is 1.17. The number of fused-ring (bicyclic) bond motifs is 2. The molecule has 0 spiro atoms. The van der Waals surface area contributed by atoms with Gasteiger partial charge in [0.2, 0.25) is 0 Å². The third-order valence-electron chi connectivity index (χ3n) is 9.26. The van der Waals surface area contributed by atoms with Gasteiger partial charge in [-0.2, -0.15) is 0 Å². The monoisotopic (exact) mass is 706 g/mol. The van der Waals surface area contributed by atoms with Gasteiger partial charge in [-0.1, -0.05) is 54.4 Å². The van der Waals surface area contributed by atoms with Gasteiger partial charge in [0, 0.05) is 82.1 Å². The molecule has 12 nitrogen and oxygen atoms in total. The van der Waals surface area contributed by atoms with E-state index < -0.39 is 11.9 Å². The molecule has 2 aromatic heterocycles. The number of hydrogen-bond acceptors (Lipinski definition) is 7. The minimum atomic E-state index is -0.809. The van der Waals surface area contributed by atoms with Crippen LogP contribution < -0.4 is 10.6 Å². The summed E-state index contributed by atoms with van der Waals surface area (Å²) in [6.07, 6.45) is 3.29. The van der Waals surface area contributed by atoms with E-state index in [1.54, 1.807) is 34.9 Å². The number of nitrogens with one attached hydrogen (secondary N) is 2. The Morgan fingerprint density at radius 2 is 1.24 bits per heavy atom. The zero-order valence-corrected chi connectivity index (χ0v) is 29.4. The molecule has 49 heavy (non-hydrogen) atoms. The normalized spacial score (nSPS) is 14.7. The molecule has 0 saturated heterocycles. The molecule has 0 atom stereocenters. The summed E-state index contributed by atoms with van der Waals surface area (Å²) in [5.74, 6) is -0.983. The van der Waals surface area contributed by atoms with Crippen LogP contribution in [-0.2, 0) is 44.8 Å². The standard InChI is InChI=1S/C35H40Cl2N8O4/c1-4-15-44-17-13-27-25(19-44)38-32(42(27)2)34(48)40-23-10-5-8-21(30(23)36)22-9-6-11-24(31(22)37)41-35(49)33-39-26-20-45(16-7-12-29(46)47)18-14-28(26)43(33)3/h5-6,8-11H,4,7,12-20H2,1-3H3,(H,40,48)(H,41,49)(H,46,47). The summed E-state index contributed by atoms with van der Waals surface area (Å²) in [6.45, 7) is 6.79. The summed E-state index contributed by atoms with van der Waals surface area (Å²) in [6, 6.07) is 10.6. The Kier molecular flexibility index (Phi) is 10.4. The molecule has 3 N–H and O–H groups in total. The summed E-state index contributed by atoms with van der Waals surface area (Å²) in [5.41, 5.74) is 5.77. The molecule has 258 valence electrons. The number of carbonyl (C=O) groups excluding carboxylic acids is 2. The number of hydrogen-bond donors (Lipinski definition) is 3. The predicted octanol–water partition coefficient (Wildman–Crippen LogP) is 5.62. The van der Waals surface area contributed by atoms with Crippen molar-refractivity contribution in [1.29, 1.82) is 0 Å². The molecule has 0 saturated carbocycles. The fourth-order valence-corrected chi connectivity index (χ4v) is 7.30. The highest BCUT2D eigenvalue weighted by Gasteiger charge is 2.28. The van der Waals surface area contributed by atoms with Gasteiger partial charge in [0.1, 0.15) is 0 Å². The van der Waals surface area contributed by atoms with Crippen molar-refractivity contribution in [3.8, 4) is 11.1 Å². The molecule has 2 aromatic carbocycles. The third kappa shape index (κ3) is 7.23. The zero-order valence-electron chi connectivity index (χ0n) is 27.9. The van der Waals surface area contributed by atoms with Crippen LogP contribution in [0.5, 0.6) is 0 Å². The van der Waals surface area contributed by atoms with Crippen LogP contribution in [0.3, 0.4) is 0 Å². The van der Waals surface area contributed by atoms with E-state index in [9.17, 15) is 14.4 Å². The van der Waals surface area contributed by atoms with Crippen molar-refractivity contribution in [1.82, 2.24) is 28.9 Å². The van der Waals surface area contributed by atoms with Crippen molar-refractivity contribution >= 4 is 52.4 Å². The highest BCUT2D eigenvalue weighted by molar-refractivity contribution is 6.40. The van der Waals surface area contributed by atoms with Crippen molar-refractivity contribution in [3.05, 3.63) is 80.9 Å². The Bertz CT molecular complexity index is 1920. The topological polar surface area (TPSA) is 138 Å². The minimum Gasteiger partial charge on any atom is -0.481 e. The summed E-state index contributed by atoms with van der Waals surface area (Å²) in [4.78, 5) is 51.7. The van der Waals surface area contributed by atoms with Gasteiger partial charge in [-0.3, -0.25) is 24.2 Å². The smallest absolute Gasteiger partial charge is 0.303 e. The van der Waals surface area contributed by atoms with Crippen LogP contribution in [-0.4, -0.2) is 78.0 Å². The summed E-state index contributed by atoms with van der Waals surface area (Å²) < 4.78 is 3.67.